The molecule has 3 heteroatoms. The zero-order valence-electron chi connectivity index (χ0n) is 15.5. The van der Waals surface area contributed by atoms with Crippen LogP contribution in [0.2, 0.25) is 0 Å². The van der Waals surface area contributed by atoms with Crippen molar-refractivity contribution in [3.63, 3.8) is 0 Å². The molecule has 1 atom stereocenters. The van der Waals surface area contributed by atoms with E-state index in [-0.39, 0.29) is 18.6 Å². The molecule has 1 N–H and O–H groups in total. The van der Waals surface area contributed by atoms with Crippen LogP contribution in [0.1, 0.15) is 83.2 Å². The number of aliphatic hydroxyl groups is 1. The maximum atomic E-state index is 12.0. The molecule has 1 amide bonds. The molecule has 0 saturated heterocycles. The van der Waals surface area contributed by atoms with Gasteiger partial charge in [-0.15, -0.1) is 0 Å². The van der Waals surface area contributed by atoms with E-state index < -0.39 is 0 Å². The van der Waals surface area contributed by atoms with Crippen LogP contribution < -0.4 is 0 Å². The Bertz CT molecular complexity index is 433. The molecular weight excluding hydrogens is 298 g/mol. The molecule has 0 bridgehead atoms. The fourth-order valence-electron chi connectivity index (χ4n) is 3.18. The Morgan fingerprint density at radius 1 is 0.958 bits per heavy atom. The minimum absolute atomic E-state index is 0.0268. The Hall–Kier alpha value is -1.35. The number of hydrogen-bond acceptors (Lipinski definition) is 2. The molecule has 1 aromatic carbocycles. The Morgan fingerprint density at radius 3 is 2.00 bits per heavy atom. The summed E-state index contributed by atoms with van der Waals surface area (Å²) in [5.41, 5.74) is 1.01. The van der Waals surface area contributed by atoms with Gasteiger partial charge in [0, 0.05) is 13.5 Å². The molecule has 3 nitrogen and oxygen atoms in total. The Labute approximate surface area is 148 Å². The summed E-state index contributed by atoms with van der Waals surface area (Å²) in [5, 5.41) is 9.75. The van der Waals surface area contributed by atoms with Crippen molar-refractivity contribution in [2.75, 3.05) is 13.2 Å². The highest BCUT2D eigenvalue weighted by Crippen LogP contribution is 2.21. The summed E-state index contributed by atoms with van der Waals surface area (Å²) >= 11 is 0. The SMILES string of the molecule is CCCCCCCCCCCN(C(C)=O)[C@@H](CO)c1ccccc1. The number of nitrogens with zero attached hydrogens (tertiary/aromatic N) is 1. The molecule has 1 rings (SSSR count). The van der Waals surface area contributed by atoms with Crippen molar-refractivity contribution in [1.29, 1.82) is 0 Å². The standard InChI is InChI=1S/C21H35NO2/c1-3-4-5-6-7-8-9-10-14-17-22(19(2)24)21(18-23)20-15-12-11-13-16-20/h11-13,15-16,21,23H,3-10,14,17-18H2,1-2H3/t21-/m0/s1. The van der Waals surface area contributed by atoms with Crippen molar-refractivity contribution >= 4 is 5.91 Å². The number of rotatable bonds is 13. The molecule has 0 spiro atoms. The summed E-state index contributed by atoms with van der Waals surface area (Å²) in [5.74, 6) is 0.0393. The first kappa shape index (κ1) is 20.7. The summed E-state index contributed by atoms with van der Waals surface area (Å²) < 4.78 is 0. The van der Waals surface area contributed by atoms with Crippen molar-refractivity contribution in [1.82, 2.24) is 4.90 Å². The van der Waals surface area contributed by atoms with Gasteiger partial charge in [0.1, 0.15) is 0 Å². The second-order valence-corrected chi connectivity index (χ2v) is 6.65. The van der Waals surface area contributed by atoms with E-state index in [1.807, 2.05) is 35.2 Å². The lowest BCUT2D eigenvalue weighted by Gasteiger charge is -2.30. The van der Waals surface area contributed by atoms with Gasteiger partial charge >= 0.3 is 0 Å². The van der Waals surface area contributed by atoms with Crippen molar-refractivity contribution in [2.45, 2.75) is 77.7 Å². The molecule has 0 aliphatic heterocycles. The summed E-state index contributed by atoms with van der Waals surface area (Å²) in [6.07, 6.45) is 11.4. The van der Waals surface area contributed by atoms with Crippen LogP contribution in [0.4, 0.5) is 0 Å². The lowest BCUT2D eigenvalue weighted by molar-refractivity contribution is -0.132. The summed E-state index contributed by atoms with van der Waals surface area (Å²) in [6, 6.07) is 9.60. The minimum atomic E-state index is -0.224. The summed E-state index contributed by atoms with van der Waals surface area (Å²) in [4.78, 5) is 13.8. The molecule has 1 aromatic rings. The molecule has 24 heavy (non-hydrogen) atoms. The maximum Gasteiger partial charge on any atom is 0.220 e. The highest BCUT2D eigenvalue weighted by Gasteiger charge is 2.21. The van der Waals surface area contributed by atoms with Crippen LogP contribution in [0.15, 0.2) is 30.3 Å². The number of benzene rings is 1. The number of amides is 1. The third-order valence-corrected chi connectivity index (χ3v) is 4.64. The van der Waals surface area contributed by atoms with Gasteiger partial charge in [-0.2, -0.15) is 0 Å². The van der Waals surface area contributed by atoms with Gasteiger partial charge in [0.25, 0.3) is 0 Å². The third-order valence-electron chi connectivity index (χ3n) is 4.64. The smallest absolute Gasteiger partial charge is 0.220 e. The third kappa shape index (κ3) is 7.96. The van der Waals surface area contributed by atoms with E-state index in [1.54, 1.807) is 6.92 Å². The van der Waals surface area contributed by atoms with E-state index in [0.29, 0.717) is 0 Å². The fourth-order valence-corrected chi connectivity index (χ4v) is 3.18. The van der Waals surface area contributed by atoms with Crippen LogP contribution in [-0.4, -0.2) is 29.1 Å². The quantitative estimate of drug-likeness (QED) is 0.510. The van der Waals surface area contributed by atoms with Gasteiger partial charge in [0.05, 0.1) is 12.6 Å². The van der Waals surface area contributed by atoms with Gasteiger partial charge in [-0.05, 0) is 12.0 Å². The van der Waals surface area contributed by atoms with Crippen LogP contribution >= 0.6 is 0 Å². The van der Waals surface area contributed by atoms with Gasteiger partial charge in [-0.1, -0.05) is 88.6 Å². The first-order valence-corrected chi connectivity index (χ1v) is 9.63. The van der Waals surface area contributed by atoms with Crippen molar-refractivity contribution in [3.8, 4) is 0 Å². The number of aliphatic hydroxyl groups excluding tert-OH is 1. The second kappa shape index (κ2) is 13.0. The van der Waals surface area contributed by atoms with Gasteiger partial charge < -0.3 is 10.0 Å². The predicted octanol–water partition coefficient (Wildman–Crippen LogP) is 5.10. The first-order valence-electron chi connectivity index (χ1n) is 9.63. The van der Waals surface area contributed by atoms with E-state index >= 15 is 0 Å². The molecule has 0 aromatic heterocycles. The Balaban J connectivity index is 2.32. The highest BCUT2D eigenvalue weighted by atomic mass is 16.3. The van der Waals surface area contributed by atoms with E-state index in [1.165, 1.54) is 44.9 Å². The zero-order valence-corrected chi connectivity index (χ0v) is 15.5. The van der Waals surface area contributed by atoms with Gasteiger partial charge in [-0.25, -0.2) is 0 Å². The molecule has 0 unspecified atom stereocenters. The fraction of sp³-hybridized carbons (Fsp3) is 0.667. The van der Waals surface area contributed by atoms with Crippen molar-refractivity contribution < 1.29 is 9.90 Å². The van der Waals surface area contributed by atoms with E-state index in [9.17, 15) is 9.90 Å². The molecule has 0 saturated carbocycles. The predicted molar refractivity (Wildman–Crippen MR) is 101 cm³/mol. The average Bonchev–Trinajstić information content (AvgIpc) is 2.60. The Morgan fingerprint density at radius 2 is 1.50 bits per heavy atom. The first-order chi connectivity index (χ1) is 11.7. The zero-order chi connectivity index (χ0) is 17.6. The van der Waals surface area contributed by atoms with Crippen molar-refractivity contribution in [2.24, 2.45) is 0 Å². The lowest BCUT2D eigenvalue weighted by Crippen LogP contribution is -2.36. The van der Waals surface area contributed by atoms with E-state index in [0.717, 1.165) is 24.9 Å². The number of carbonyl (C=O) groups excluding carboxylic acids is 1. The van der Waals surface area contributed by atoms with Crippen LogP contribution in [-0.2, 0) is 4.79 Å². The highest BCUT2D eigenvalue weighted by molar-refractivity contribution is 5.73. The monoisotopic (exact) mass is 333 g/mol. The summed E-state index contributed by atoms with van der Waals surface area (Å²) in [6.45, 7) is 4.54. The largest absolute Gasteiger partial charge is 0.394 e. The normalized spacial score (nSPS) is 12.1. The van der Waals surface area contributed by atoms with Gasteiger partial charge in [-0.3, -0.25) is 4.79 Å². The topological polar surface area (TPSA) is 40.5 Å². The molecule has 0 aliphatic rings. The lowest BCUT2D eigenvalue weighted by atomic mass is 10.0. The van der Waals surface area contributed by atoms with Crippen LogP contribution in [0.25, 0.3) is 0 Å². The molecular formula is C21H35NO2. The number of hydrogen-bond donors (Lipinski definition) is 1. The Kier molecular flexibility index (Phi) is 11.2. The van der Waals surface area contributed by atoms with E-state index in [4.69, 9.17) is 0 Å². The van der Waals surface area contributed by atoms with Gasteiger partial charge in [0.15, 0.2) is 0 Å². The van der Waals surface area contributed by atoms with E-state index in [2.05, 4.69) is 6.92 Å². The second-order valence-electron chi connectivity index (χ2n) is 6.65. The van der Waals surface area contributed by atoms with Gasteiger partial charge in [0.2, 0.25) is 5.91 Å². The molecule has 136 valence electrons. The molecule has 0 radical (unpaired) electrons. The maximum absolute atomic E-state index is 12.0. The van der Waals surface area contributed by atoms with Crippen LogP contribution in [0.3, 0.4) is 0 Å². The minimum Gasteiger partial charge on any atom is -0.394 e. The number of carbonyl (C=O) groups is 1. The van der Waals surface area contributed by atoms with Crippen LogP contribution in [0.5, 0.6) is 0 Å². The number of unbranched alkanes of at least 4 members (excludes halogenated alkanes) is 8. The average molecular weight is 334 g/mol. The molecule has 0 fully saturated rings. The van der Waals surface area contributed by atoms with Crippen LogP contribution in [0, 0.1) is 0 Å². The summed E-state index contributed by atoms with van der Waals surface area (Å²) in [7, 11) is 0. The molecule has 0 heterocycles. The molecule has 0 aliphatic carbocycles. The van der Waals surface area contributed by atoms with Crippen molar-refractivity contribution in [3.05, 3.63) is 35.9 Å².